The Hall–Kier alpha value is -4.26. The third-order valence-electron chi connectivity index (χ3n) is 7.64. The molecule has 0 radical (unpaired) electrons. The lowest BCUT2D eigenvalue weighted by molar-refractivity contribution is -0.160. The Kier molecular flexibility index (Phi) is 8.04. The van der Waals surface area contributed by atoms with Crippen molar-refractivity contribution in [2.75, 3.05) is 6.61 Å². The molecular formula is C35H39FN4O4. The van der Waals surface area contributed by atoms with Crippen molar-refractivity contribution < 1.29 is 23.8 Å². The molecule has 1 atom stereocenters. The molecule has 0 spiro atoms. The Morgan fingerprint density at radius 1 is 1.20 bits per heavy atom. The molecule has 44 heavy (non-hydrogen) atoms. The molecule has 5 rings (SSSR count). The van der Waals surface area contributed by atoms with Gasteiger partial charge in [-0.15, -0.1) is 0 Å². The minimum Gasteiger partial charge on any atom is -0.490 e. The van der Waals surface area contributed by atoms with Gasteiger partial charge in [-0.2, -0.15) is 0 Å². The van der Waals surface area contributed by atoms with Crippen LogP contribution in [0.5, 0.6) is 5.75 Å². The second-order valence-electron chi connectivity index (χ2n) is 13.0. The van der Waals surface area contributed by atoms with Crippen LogP contribution in [-0.2, 0) is 23.0 Å². The Labute approximate surface area is 257 Å². The molecule has 9 heteroatoms. The van der Waals surface area contributed by atoms with Crippen molar-refractivity contribution >= 4 is 17.0 Å². The highest BCUT2D eigenvalue weighted by Gasteiger charge is 2.34. The van der Waals surface area contributed by atoms with Crippen LogP contribution in [0.2, 0.25) is 0 Å². The molecule has 3 N–H and O–H groups in total. The molecule has 0 saturated heterocycles. The summed E-state index contributed by atoms with van der Waals surface area (Å²) in [7, 11) is 1.90. The number of carboxylic acids is 1. The summed E-state index contributed by atoms with van der Waals surface area (Å²) >= 11 is 0. The summed E-state index contributed by atoms with van der Waals surface area (Å²) in [6.45, 7) is 13.2. The fourth-order valence-corrected chi connectivity index (χ4v) is 5.73. The number of ether oxygens (including phenoxy) is 2. The lowest BCUT2D eigenvalue weighted by Gasteiger charge is -2.29. The second kappa shape index (κ2) is 11.3. The van der Waals surface area contributed by atoms with Crippen molar-refractivity contribution in [3.63, 3.8) is 0 Å². The molecule has 0 fully saturated rings. The molecule has 0 amide bonds. The van der Waals surface area contributed by atoms with E-state index in [0.717, 1.165) is 28.8 Å². The third kappa shape index (κ3) is 6.05. The van der Waals surface area contributed by atoms with E-state index in [-0.39, 0.29) is 5.75 Å². The predicted molar refractivity (Wildman–Crippen MR) is 169 cm³/mol. The molecule has 0 bridgehead atoms. The normalized spacial score (nSPS) is 14.0. The van der Waals surface area contributed by atoms with Gasteiger partial charge < -0.3 is 24.9 Å². The summed E-state index contributed by atoms with van der Waals surface area (Å²) in [5, 5.41) is 11.1. The van der Waals surface area contributed by atoms with E-state index >= 15 is 4.39 Å². The molecule has 230 valence electrons. The highest BCUT2D eigenvalue weighted by molar-refractivity contribution is 6.01. The van der Waals surface area contributed by atoms with Crippen molar-refractivity contribution in [2.24, 2.45) is 12.8 Å². The van der Waals surface area contributed by atoms with Crippen LogP contribution in [0.15, 0.2) is 30.5 Å². The van der Waals surface area contributed by atoms with Crippen molar-refractivity contribution in [3.05, 3.63) is 64.4 Å². The quantitative estimate of drug-likeness (QED) is 0.255. The summed E-state index contributed by atoms with van der Waals surface area (Å²) in [4.78, 5) is 22.1. The second-order valence-corrected chi connectivity index (χ2v) is 13.0. The molecule has 1 aliphatic heterocycles. The molecular weight excluding hydrogens is 559 g/mol. The van der Waals surface area contributed by atoms with Gasteiger partial charge >= 0.3 is 5.97 Å². The predicted octanol–water partition coefficient (Wildman–Crippen LogP) is 6.41. The minimum absolute atomic E-state index is 0.265. The number of nitrogens with two attached hydrogens (primary N) is 1. The van der Waals surface area contributed by atoms with Crippen molar-refractivity contribution in [2.45, 2.75) is 78.6 Å². The maximum absolute atomic E-state index is 15.7. The fraction of sp³-hybridized carbons (Fsp3) is 0.400. The molecule has 8 nitrogen and oxygen atoms in total. The number of halogens is 1. The van der Waals surface area contributed by atoms with Crippen LogP contribution in [0, 0.1) is 31.5 Å². The van der Waals surface area contributed by atoms with E-state index < -0.39 is 29.0 Å². The zero-order valence-electron chi connectivity index (χ0n) is 26.6. The van der Waals surface area contributed by atoms with Crippen LogP contribution in [0.1, 0.15) is 75.2 Å². The van der Waals surface area contributed by atoms with E-state index in [0.29, 0.717) is 52.1 Å². The average molecular weight is 599 g/mol. The average Bonchev–Trinajstić information content (AvgIpc) is 3.27. The fourth-order valence-electron chi connectivity index (χ4n) is 5.73. The zero-order valence-corrected chi connectivity index (χ0v) is 26.6. The van der Waals surface area contributed by atoms with Crippen LogP contribution >= 0.6 is 0 Å². The summed E-state index contributed by atoms with van der Waals surface area (Å²) in [5.41, 5.74) is 11.1. The minimum atomic E-state index is -1.34. The lowest BCUT2D eigenvalue weighted by atomic mass is 9.86. The smallest absolute Gasteiger partial charge is 0.337 e. The first-order valence-corrected chi connectivity index (χ1v) is 14.7. The standard InChI is InChI=1S/C35H39FN4O4/c1-19-23-10-9-15-43-30(23)26(36)17-24(19)29-25-18-27(21-12-14-38-22(16-21)11-13-35(6,7)37)40(8)32(25)39-20(2)28(29)31(33(41)42)44-34(3,4)5/h12,14,16-18,31H,9-10,15,37H2,1-8H3,(H,41,42)/t31-/m0/s1. The molecule has 4 aromatic rings. The van der Waals surface area contributed by atoms with Gasteiger partial charge in [0.05, 0.1) is 23.4 Å². The summed E-state index contributed by atoms with van der Waals surface area (Å²) in [6, 6.07) is 7.17. The number of benzene rings is 1. The number of aryl methyl sites for hydroxylation is 2. The summed E-state index contributed by atoms with van der Waals surface area (Å²) in [5.74, 6) is 4.70. The van der Waals surface area contributed by atoms with Gasteiger partial charge in [-0.3, -0.25) is 0 Å². The SMILES string of the molecule is Cc1nc2c(cc(-c3ccnc(C#CC(C)(C)N)c3)n2C)c(-c2cc(F)c3c(c2C)CCCO3)c1[C@H](OC(C)(C)C)C(=O)O. The van der Waals surface area contributed by atoms with Gasteiger partial charge in [0, 0.05) is 46.6 Å². The number of aliphatic carboxylic acids is 1. The van der Waals surface area contributed by atoms with Gasteiger partial charge in [0.2, 0.25) is 0 Å². The van der Waals surface area contributed by atoms with Crippen LogP contribution in [0.3, 0.4) is 0 Å². The first-order chi connectivity index (χ1) is 20.6. The van der Waals surface area contributed by atoms with Crippen LogP contribution in [-0.4, -0.2) is 43.4 Å². The Morgan fingerprint density at radius 2 is 1.93 bits per heavy atom. The van der Waals surface area contributed by atoms with Gasteiger partial charge in [0.25, 0.3) is 0 Å². The Bertz CT molecular complexity index is 1850. The number of hydrogen-bond acceptors (Lipinski definition) is 6. The number of nitrogens with zero attached hydrogens (tertiary/aromatic N) is 3. The molecule has 0 saturated carbocycles. The molecule has 0 aliphatic carbocycles. The van der Waals surface area contributed by atoms with Crippen molar-refractivity contribution in [1.29, 1.82) is 0 Å². The van der Waals surface area contributed by atoms with Crippen LogP contribution < -0.4 is 10.5 Å². The molecule has 3 aromatic heterocycles. The van der Waals surface area contributed by atoms with Crippen molar-refractivity contribution in [1.82, 2.24) is 14.5 Å². The largest absolute Gasteiger partial charge is 0.490 e. The van der Waals surface area contributed by atoms with Gasteiger partial charge in [-0.05, 0) is 103 Å². The number of pyridine rings is 2. The van der Waals surface area contributed by atoms with E-state index in [4.69, 9.17) is 20.2 Å². The van der Waals surface area contributed by atoms with E-state index in [2.05, 4.69) is 16.8 Å². The number of carbonyl (C=O) groups is 1. The number of aromatic nitrogens is 3. The van der Waals surface area contributed by atoms with Gasteiger partial charge in [0.15, 0.2) is 17.7 Å². The molecule has 0 unspecified atom stereocenters. The van der Waals surface area contributed by atoms with Gasteiger partial charge in [-0.1, -0.05) is 5.92 Å². The van der Waals surface area contributed by atoms with Gasteiger partial charge in [-0.25, -0.2) is 19.2 Å². The number of rotatable bonds is 5. The third-order valence-corrected chi connectivity index (χ3v) is 7.64. The number of fused-ring (bicyclic) bond motifs is 2. The van der Waals surface area contributed by atoms with Crippen LogP contribution in [0.4, 0.5) is 4.39 Å². The van der Waals surface area contributed by atoms with E-state index in [9.17, 15) is 9.90 Å². The van der Waals surface area contributed by atoms with E-state index in [1.54, 1.807) is 33.9 Å². The summed E-state index contributed by atoms with van der Waals surface area (Å²) < 4.78 is 29.5. The summed E-state index contributed by atoms with van der Waals surface area (Å²) in [6.07, 6.45) is 1.77. The Morgan fingerprint density at radius 3 is 2.59 bits per heavy atom. The molecule has 1 aliphatic rings. The first-order valence-electron chi connectivity index (χ1n) is 14.7. The maximum Gasteiger partial charge on any atom is 0.337 e. The lowest BCUT2D eigenvalue weighted by Crippen LogP contribution is -2.29. The number of carboxylic acid groups (broad SMARTS) is 1. The van der Waals surface area contributed by atoms with E-state index in [1.807, 2.05) is 50.6 Å². The monoisotopic (exact) mass is 598 g/mol. The van der Waals surface area contributed by atoms with Gasteiger partial charge in [0.1, 0.15) is 11.3 Å². The topological polar surface area (TPSA) is 112 Å². The molecule has 1 aromatic carbocycles. The van der Waals surface area contributed by atoms with E-state index in [1.165, 1.54) is 6.07 Å². The Balaban J connectivity index is 1.85. The highest BCUT2D eigenvalue weighted by atomic mass is 19.1. The first kappa shape index (κ1) is 31.2. The van der Waals surface area contributed by atoms with Crippen molar-refractivity contribution in [3.8, 4) is 40.0 Å². The highest BCUT2D eigenvalue weighted by Crippen LogP contribution is 2.45. The molecule has 4 heterocycles. The van der Waals surface area contributed by atoms with Crippen LogP contribution in [0.25, 0.3) is 33.4 Å². The zero-order chi connectivity index (χ0) is 32.1. The number of hydrogen-bond donors (Lipinski definition) is 2. The maximum atomic E-state index is 15.7.